The Bertz CT molecular complexity index is 753. The molecule has 23 heavy (non-hydrogen) atoms. The van der Waals surface area contributed by atoms with Gasteiger partial charge in [-0.05, 0) is 65.3 Å². The summed E-state index contributed by atoms with van der Waals surface area (Å²) in [5.41, 5.74) is 4.91. The molecule has 4 rings (SSSR count). The molecule has 1 N–H and O–H groups in total. The van der Waals surface area contributed by atoms with Crippen molar-refractivity contribution >= 4 is 17.2 Å². The number of carbonyl (C=O) groups is 1. The van der Waals surface area contributed by atoms with Crippen LogP contribution in [0.4, 0.5) is 0 Å². The van der Waals surface area contributed by atoms with Gasteiger partial charge in [0, 0.05) is 19.6 Å². The van der Waals surface area contributed by atoms with E-state index in [2.05, 4.69) is 47.3 Å². The topological polar surface area (TPSA) is 32.3 Å². The molecule has 1 spiro atoms. The zero-order chi connectivity index (χ0) is 16.0. The van der Waals surface area contributed by atoms with Crippen LogP contribution in [0.5, 0.6) is 0 Å². The van der Waals surface area contributed by atoms with Gasteiger partial charge in [0.25, 0.3) is 0 Å². The van der Waals surface area contributed by atoms with Crippen LogP contribution in [0.1, 0.15) is 36.4 Å². The van der Waals surface area contributed by atoms with Gasteiger partial charge >= 0.3 is 0 Å². The van der Waals surface area contributed by atoms with Crippen molar-refractivity contribution in [3.05, 3.63) is 46.2 Å². The van der Waals surface area contributed by atoms with E-state index >= 15 is 0 Å². The number of hydrogen-bond donors (Lipinski definition) is 1. The molecular formula is C19H22N2OS. The molecule has 3 nitrogen and oxygen atoms in total. The molecule has 2 saturated heterocycles. The fraction of sp³-hybridized carbons (Fsp3) is 0.421. The van der Waals surface area contributed by atoms with Crippen LogP contribution in [0.15, 0.2) is 35.0 Å². The van der Waals surface area contributed by atoms with E-state index in [1.54, 1.807) is 11.3 Å². The number of likely N-dealkylation sites (tertiary alicyclic amines) is 1. The minimum Gasteiger partial charge on any atom is -0.344 e. The normalized spacial score (nSPS) is 27.3. The van der Waals surface area contributed by atoms with E-state index in [9.17, 15) is 4.79 Å². The third kappa shape index (κ3) is 2.41. The number of benzene rings is 1. The van der Waals surface area contributed by atoms with Gasteiger partial charge in [-0.3, -0.25) is 10.1 Å². The zero-order valence-corrected chi connectivity index (χ0v) is 14.5. The van der Waals surface area contributed by atoms with E-state index in [0.29, 0.717) is 0 Å². The maximum atomic E-state index is 12.5. The summed E-state index contributed by atoms with van der Waals surface area (Å²) in [5.74, 6) is 0.268. The maximum Gasteiger partial charge on any atom is 0.242 e. The van der Waals surface area contributed by atoms with Crippen molar-refractivity contribution in [2.45, 2.75) is 37.8 Å². The maximum absolute atomic E-state index is 12.5. The van der Waals surface area contributed by atoms with Gasteiger partial charge < -0.3 is 4.90 Å². The molecule has 0 unspecified atom stereocenters. The average Bonchev–Trinajstić information content (AvgIpc) is 3.25. The van der Waals surface area contributed by atoms with Crippen LogP contribution in [-0.2, 0) is 4.79 Å². The molecule has 0 aliphatic carbocycles. The van der Waals surface area contributed by atoms with Gasteiger partial charge in [0.15, 0.2) is 0 Å². The molecule has 120 valence electrons. The van der Waals surface area contributed by atoms with Crippen molar-refractivity contribution in [2.75, 3.05) is 13.6 Å². The predicted molar refractivity (Wildman–Crippen MR) is 94.6 cm³/mol. The van der Waals surface area contributed by atoms with Crippen molar-refractivity contribution in [1.82, 2.24) is 10.2 Å². The quantitative estimate of drug-likeness (QED) is 0.911. The molecular weight excluding hydrogens is 304 g/mol. The number of hydrogen-bond acceptors (Lipinski definition) is 3. The van der Waals surface area contributed by atoms with Crippen molar-refractivity contribution in [3.8, 4) is 11.1 Å². The lowest BCUT2D eigenvalue weighted by atomic mass is 9.95. The highest BCUT2D eigenvalue weighted by atomic mass is 32.1. The summed E-state index contributed by atoms with van der Waals surface area (Å²) in [6.07, 6.45) is 2.91. The molecule has 1 aromatic heterocycles. The Morgan fingerprint density at radius 3 is 2.87 bits per heavy atom. The van der Waals surface area contributed by atoms with Crippen molar-refractivity contribution in [2.24, 2.45) is 0 Å². The first-order valence-corrected chi connectivity index (χ1v) is 9.20. The Hall–Kier alpha value is -1.65. The first-order valence-electron chi connectivity index (χ1n) is 8.25. The molecule has 2 atom stereocenters. The molecule has 2 aliphatic heterocycles. The van der Waals surface area contributed by atoms with E-state index < -0.39 is 0 Å². The standard InChI is InChI=1S/C19H22N2OS/c1-13-11-23-12-16(13)14-4-3-5-15(10-14)17-6-7-19(20-17)8-9-21(2)18(19)22/h3-5,10-12,17,20H,6-9H2,1-2H3/t17-,19-/m1/s1. The molecule has 0 radical (unpaired) electrons. The van der Waals surface area contributed by atoms with E-state index in [-0.39, 0.29) is 17.5 Å². The summed E-state index contributed by atoms with van der Waals surface area (Å²) in [7, 11) is 1.91. The third-order valence-corrected chi connectivity index (χ3v) is 6.26. The molecule has 4 heteroatoms. The monoisotopic (exact) mass is 326 g/mol. The van der Waals surface area contributed by atoms with Crippen LogP contribution in [-0.4, -0.2) is 29.9 Å². The third-order valence-electron chi connectivity index (χ3n) is 5.40. The zero-order valence-electron chi connectivity index (χ0n) is 13.6. The molecule has 1 amide bonds. The Labute approximate surface area is 141 Å². The van der Waals surface area contributed by atoms with Gasteiger partial charge in [0.1, 0.15) is 5.54 Å². The first-order chi connectivity index (χ1) is 11.1. The van der Waals surface area contributed by atoms with Crippen LogP contribution >= 0.6 is 11.3 Å². The summed E-state index contributed by atoms with van der Waals surface area (Å²) in [4.78, 5) is 14.3. The predicted octanol–water partition coefficient (Wildman–Crippen LogP) is 3.75. The number of nitrogens with one attached hydrogen (secondary N) is 1. The van der Waals surface area contributed by atoms with Crippen LogP contribution in [0.3, 0.4) is 0 Å². The largest absolute Gasteiger partial charge is 0.344 e. The van der Waals surface area contributed by atoms with E-state index in [0.717, 1.165) is 25.8 Å². The van der Waals surface area contributed by atoms with Gasteiger partial charge in [0.2, 0.25) is 5.91 Å². The highest BCUT2D eigenvalue weighted by Gasteiger charge is 2.49. The Balaban J connectivity index is 1.61. The molecule has 2 fully saturated rings. The summed E-state index contributed by atoms with van der Waals surface area (Å²) in [5, 5.41) is 8.07. The fourth-order valence-corrected chi connectivity index (χ4v) is 4.85. The summed E-state index contributed by atoms with van der Waals surface area (Å²) < 4.78 is 0. The number of carbonyl (C=O) groups excluding carboxylic acids is 1. The lowest BCUT2D eigenvalue weighted by Crippen LogP contribution is -2.47. The van der Waals surface area contributed by atoms with Gasteiger partial charge in [-0.15, -0.1) is 0 Å². The molecule has 2 aromatic rings. The minimum absolute atomic E-state index is 0.268. The van der Waals surface area contributed by atoms with Crippen LogP contribution < -0.4 is 5.32 Å². The van der Waals surface area contributed by atoms with Gasteiger partial charge in [-0.25, -0.2) is 0 Å². The first kappa shape index (κ1) is 14.9. The second-order valence-electron chi connectivity index (χ2n) is 6.89. The number of thiophene rings is 1. The van der Waals surface area contributed by atoms with Crippen LogP contribution in [0.25, 0.3) is 11.1 Å². The summed E-state index contributed by atoms with van der Waals surface area (Å²) in [6.45, 7) is 3.03. The summed E-state index contributed by atoms with van der Waals surface area (Å²) >= 11 is 1.75. The number of aryl methyl sites for hydroxylation is 1. The van der Waals surface area contributed by atoms with Crippen molar-refractivity contribution in [1.29, 1.82) is 0 Å². The van der Waals surface area contributed by atoms with E-state index in [1.807, 2.05) is 11.9 Å². The smallest absolute Gasteiger partial charge is 0.242 e. The SMILES string of the molecule is Cc1cscc1-c1cccc([C@H]2CC[C@]3(CCN(C)C3=O)N2)c1. The molecule has 0 saturated carbocycles. The van der Waals surface area contributed by atoms with E-state index in [1.165, 1.54) is 22.3 Å². The van der Waals surface area contributed by atoms with Crippen LogP contribution in [0, 0.1) is 6.92 Å². The average molecular weight is 326 g/mol. The van der Waals surface area contributed by atoms with Gasteiger partial charge in [-0.2, -0.15) is 11.3 Å². The summed E-state index contributed by atoms with van der Waals surface area (Å²) in [6, 6.07) is 9.07. The Morgan fingerprint density at radius 1 is 1.30 bits per heavy atom. The van der Waals surface area contributed by atoms with Crippen molar-refractivity contribution in [3.63, 3.8) is 0 Å². The molecule has 0 bridgehead atoms. The lowest BCUT2D eigenvalue weighted by molar-refractivity contribution is -0.131. The van der Waals surface area contributed by atoms with Crippen molar-refractivity contribution < 1.29 is 4.79 Å². The molecule has 2 aliphatic rings. The molecule has 1 aromatic carbocycles. The Morgan fingerprint density at radius 2 is 2.17 bits per heavy atom. The van der Waals surface area contributed by atoms with Crippen LogP contribution in [0.2, 0.25) is 0 Å². The number of amides is 1. The Kier molecular flexibility index (Phi) is 3.54. The van der Waals surface area contributed by atoms with E-state index in [4.69, 9.17) is 0 Å². The number of nitrogens with zero attached hydrogens (tertiary/aromatic N) is 1. The number of rotatable bonds is 2. The molecule has 3 heterocycles. The number of likely N-dealkylation sites (N-methyl/N-ethyl adjacent to an activating group) is 1. The second-order valence-corrected chi connectivity index (χ2v) is 7.63. The second kappa shape index (κ2) is 5.46. The minimum atomic E-state index is -0.312. The highest BCUT2D eigenvalue weighted by Crippen LogP contribution is 2.40. The van der Waals surface area contributed by atoms with Gasteiger partial charge in [-0.1, -0.05) is 18.2 Å². The fourth-order valence-electron chi connectivity index (χ4n) is 4.00. The lowest BCUT2D eigenvalue weighted by Gasteiger charge is -2.23. The highest BCUT2D eigenvalue weighted by molar-refractivity contribution is 7.08. The van der Waals surface area contributed by atoms with Gasteiger partial charge in [0.05, 0.1) is 0 Å².